The molecule has 0 aliphatic carbocycles. The van der Waals surface area contributed by atoms with Crippen molar-refractivity contribution in [1.29, 1.82) is 0 Å². The van der Waals surface area contributed by atoms with Gasteiger partial charge in [0.2, 0.25) is 0 Å². The van der Waals surface area contributed by atoms with Gasteiger partial charge in [-0.1, -0.05) is 0 Å². The van der Waals surface area contributed by atoms with Crippen molar-refractivity contribution in [2.45, 2.75) is 6.10 Å². The van der Waals surface area contributed by atoms with Crippen LogP contribution in [0, 0.1) is 10.1 Å². The van der Waals surface area contributed by atoms with E-state index in [2.05, 4.69) is 9.88 Å². The number of nitrogens with zero attached hydrogens (tertiary/aromatic N) is 4. The second-order valence-corrected chi connectivity index (χ2v) is 6.31. The zero-order chi connectivity index (χ0) is 18.7. The number of likely N-dealkylation sites (N-methyl/N-ethyl adjacent to an activating group) is 1. The Labute approximate surface area is 149 Å². The third-order valence-corrected chi connectivity index (χ3v) is 4.37. The fourth-order valence-corrected chi connectivity index (χ4v) is 3.29. The number of non-ortho nitro benzene ring substituents is 1. The zero-order valence-corrected chi connectivity index (χ0v) is 14.4. The Morgan fingerprint density at radius 1 is 1.46 bits per heavy atom. The summed E-state index contributed by atoms with van der Waals surface area (Å²) in [6, 6.07) is 5.03. The topological polar surface area (TPSA) is 109 Å². The highest BCUT2D eigenvalue weighted by atomic mass is 16.6. The lowest BCUT2D eigenvalue weighted by molar-refractivity contribution is -0.383. The van der Waals surface area contributed by atoms with Gasteiger partial charge in [0.1, 0.15) is 0 Å². The van der Waals surface area contributed by atoms with E-state index in [1.807, 2.05) is 0 Å². The quantitative estimate of drug-likeness (QED) is 0.608. The number of hydrogen-bond donors (Lipinski definition) is 1. The maximum Gasteiger partial charge on any atom is 0.317 e. The molecule has 0 saturated carbocycles. The maximum atomic E-state index is 11.3. The van der Waals surface area contributed by atoms with Gasteiger partial charge in [0.25, 0.3) is 5.69 Å². The molecule has 0 spiro atoms. The van der Waals surface area contributed by atoms with Gasteiger partial charge in [-0.05, 0) is 19.2 Å². The molecule has 3 rings (SSSR count). The van der Waals surface area contributed by atoms with Gasteiger partial charge in [-0.25, -0.2) is 0 Å². The van der Waals surface area contributed by atoms with E-state index in [-0.39, 0.29) is 18.3 Å². The normalized spacial score (nSPS) is 17.6. The van der Waals surface area contributed by atoms with Crippen molar-refractivity contribution in [3.8, 4) is 0 Å². The number of hydrogen-bond acceptors (Lipinski definition) is 7. The largest absolute Gasteiger partial charge is 0.480 e. The summed E-state index contributed by atoms with van der Waals surface area (Å²) < 4.78 is 5.76. The number of rotatable bonds is 6. The van der Waals surface area contributed by atoms with Crippen LogP contribution in [0.25, 0.3) is 10.8 Å². The smallest absolute Gasteiger partial charge is 0.317 e. The van der Waals surface area contributed by atoms with Crippen LogP contribution < -0.4 is 4.90 Å². The third-order valence-electron chi connectivity index (χ3n) is 4.37. The van der Waals surface area contributed by atoms with E-state index in [9.17, 15) is 14.9 Å². The number of ether oxygens (including phenoxy) is 1. The molecule has 1 saturated heterocycles. The number of nitro benzene ring substituents is 1. The van der Waals surface area contributed by atoms with E-state index in [0.717, 1.165) is 11.1 Å². The average Bonchev–Trinajstić information content (AvgIpc) is 2.60. The molecule has 0 bridgehead atoms. The van der Waals surface area contributed by atoms with Crippen LogP contribution >= 0.6 is 0 Å². The first-order valence-electron chi connectivity index (χ1n) is 8.23. The molecule has 138 valence electrons. The lowest BCUT2D eigenvalue weighted by atomic mass is 10.1. The van der Waals surface area contributed by atoms with Crippen molar-refractivity contribution in [1.82, 2.24) is 9.88 Å². The van der Waals surface area contributed by atoms with Gasteiger partial charge in [-0.3, -0.25) is 24.8 Å². The van der Waals surface area contributed by atoms with Crippen LogP contribution in [0.15, 0.2) is 30.6 Å². The number of carboxylic acids is 1. The molecule has 1 aliphatic heterocycles. The third kappa shape index (κ3) is 3.89. The number of anilines is 1. The molecule has 26 heavy (non-hydrogen) atoms. The number of benzene rings is 1. The molecule has 2 aromatic rings. The van der Waals surface area contributed by atoms with Gasteiger partial charge in [-0.15, -0.1) is 0 Å². The number of morpholine rings is 1. The minimum atomic E-state index is -0.881. The minimum absolute atomic E-state index is 0.0304. The van der Waals surface area contributed by atoms with Crippen LogP contribution in [0.4, 0.5) is 11.4 Å². The molecular weight excluding hydrogens is 340 g/mol. The first kappa shape index (κ1) is 18.0. The molecule has 1 fully saturated rings. The van der Waals surface area contributed by atoms with E-state index >= 15 is 0 Å². The van der Waals surface area contributed by atoms with Gasteiger partial charge < -0.3 is 14.7 Å². The zero-order valence-electron chi connectivity index (χ0n) is 14.4. The molecule has 1 aromatic carbocycles. The van der Waals surface area contributed by atoms with Crippen LogP contribution in [0.1, 0.15) is 0 Å². The Hall–Kier alpha value is -2.78. The lowest BCUT2D eigenvalue weighted by Crippen LogP contribution is -2.47. The number of nitro groups is 1. The van der Waals surface area contributed by atoms with E-state index in [1.54, 1.807) is 30.3 Å². The fraction of sp³-hybridized carbons (Fsp3) is 0.412. The summed E-state index contributed by atoms with van der Waals surface area (Å²) in [7, 11) is 1.74. The number of aliphatic carboxylic acids is 1. The SMILES string of the molecule is CN(CC(=O)O)CC1CN(c2ccc([N+](=O)[O-])c3cnccc23)CCO1. The minimum Gasteiger partial charge on any atom is -0.480 e. The molecule has 9 heteroatoms. The van der Waals surface area contributed by atoms with Gasteiger partial charge in [0.15, 0.2) is 0 Å². The number of fused-ring (bicyclic) bond motifs is 1. The highest BCUT2D eigenvalue weighted by Gasteiger charge is 2.25. The van der Waals surface area contributed by atoms with Crippen LogP contribution in [0.3, 0.4) is 0 Å². The van der Waals surface area contributed by atoms with Gasteiger partial charge >= 0.3 is 5.97 Å². The molecule has 1 aromatic heterocycles. The van der Waals surface area contributed by atoms with Crippen molar-refractivity contribution in [2.24, 2.45) is 0 Å². The monoisotopic (exact) mass is 360 g/mol. The van der Waals surface area contributed by atoms with E-state index < -0.39 is 10.9 Å². The van der Waals surface area contributed by atoms with Crippen molar-refractivity contribution in [3.05, 3.63) is 40.7 Å². The predicted octanol–water partition coefficient (Wildman–Crippen LogP) is 1.36. The molecule has 9 nitrogen and oxygen atoms in total. The maximum absolute atomic E-state index is 11.3. The van der Waals surface area contributed by atoms with E-state index in [1.165, 1.54) is 12.3 Å². The standard InChI is InChI=1S/C17H20N4O5/c1-19(11-17(22)23)9-12-10-20(6-7-26-12)15-2-3-16(21(24)25)14-8-18-5-4-13(14)15/h2-5,8,12H,6-7,9-11H2,1H3,(H,22,23). The van der Waals surface area contributed by atoms with E-state index in [4.69, 9.17) is 9.84 Å². The first-order chi connectivity index (χ1) is 12.5. The van der Waals surface area contributed by atoms with Crippen molar-refractivity contribution >= 4 is 28.1 Å². The Balaban J connectivity index is 1.84. The van der Waals surface area contributed by atoms with Crippen LogP contribution in [-0.2, 0) is 9.53 Å². The van der Waals surface area contributed by atoms with Crippen LogP contribution in [-0.4, -0.2) is 71.8 Å². The molecule has 1 N–H and O–H groups in total. The highest BCUT2D eigenvalue weighted by Crippen LogP contribution is 2.33. The number of carbonyl (C=O) groups is 1. The fourth-order valence-electron chi connectivity index (χ4n) is 3.29. The van der Waals surface area contributed by atoms with Crippen LogP contribution in [0.5, 0.6) is 0 Å². The molecule has 1 aliphatic rings. The van der Waals surface area contributed by atoms with Gasteiger partial charge in [-0.2, -0.15) is 0 Å². The van der Waals surface area contributed by atoms with Crippen molar-refractivity contribution in [2.75, 3.05) is 44.7 Å². The van der Waals surface area contributed by atoms with Crippen molar-refractivity contribution in [3.63, 3.8) is 0 Å². The second-order valence-electron chi connectivity index (χ2n) is 6.31. The number of pyridine rings is 1. The van der Waals surface area contributed by atoms with E-state index in [0.29, 0.717) is 31.6 Å². The molecule has 1 atom stereocenters. The highest BCUT2D eigenvalue weighted by molar-refractivity contribution is 5.99. The summed E-state index contributed by atoms with van der Waals surface area (Å²) >= 11 is 0. The lowest BCUT2D eigenvalue weighted by Gasteiger charge is -2.36. The Kier molecular flexibility index (Phi) is 5.29. The second kappa shape index (κ2) is 7.63. The molecule has 2 heterocycles. The summed E-state index contributed by atoms with van der Waals surface area (Å²) in [6.45, 7) is 2.20. The Morgan fingerprint density at radius 2 is 2.27 bits per heavy atom. The van der Waals surface area contributed by atoms with Gasteiger partial charge in [0.05, 0.1) is 29.6 Å². The number of carboxylic acid groups (broad SMARTS) is 1. The summed E-state index contributed by atoms with van der Waals surface area (Å²) in [5, 5.41) is 21.4. The van der Waals surface area contributed by atoms with Gasteiger partial charge in [0, 0.05) is 49.2 Å². The first-order valence-corrected chi connectivity index (χ1v) is 8.23. The molecular formula is C17H20N4O5. The molecule has 1 unspecified atom stereocenters. The summed E-state index contributed by atoms with van der Waals surface area (Å²) in [4.78, 5) is 29.5. The Morgan fingerprint density at radius 3 is 3.00 bits per heavy atom. The summed E-state index contributed by atoms with van der Waals surface area (Å²) in [6.07, 6.45) is 2.99. The predicted molar refractivity (Wildman–Crippen MR) is 95.5 cm³/mol. The molecule has 0 amide bonds. The summed E-state index contributed by atoms with van der Waals surface area (Å²) in [5.41, 5.74) is 0.921. The molecule has 0 radical (unpaired) electrons. The number of aromatic nitrogens is 1. The summed E-state index contributed by atoms with van der Waals surface area (Å²) in [5.74, 6) is -0.881. The van der Waals surface area contributed by atoms with Crippen LogP contribution in [0.2, 0.25) is 0 Å². The Bertz CT molecular complexity index is 828. The average molecular weight is 360 g/mol. The van der Waals surface area contributed by atoms with Crippen molar-refractivity contribution < 1.29 is 19.6 Å².